The third kappa shape index (κ3) is 7.34. The number of ketones is 1. The third-order valence-corrected chi connectivity index (χ3v) is 6.44. The van der Waals surface area contributed by atoms with Crippen molar-refractivity contribution in [2.45, 2.75) is 5.75 Å². The number of hydrogen-bond donors (Lipinski definition) is 1. The van der Waals surface area contributed by atoms with Crippen LogP contribution in [0.15, 0.2) is 72.3 Å². The van der Waals surface area contributed by atoms with E-state index in [0.717, 1.165) is 5.41 Å². The van der Waals surface area contributed by atoms with E-state index in [1.165, 1.54) is 46.8 Å². The molecule has 0 aliphatic heterocycles. The SMILES string of the molecule is COc1cc(OC)c(C=CS(=O)(=O)Cc2ccc(OC)c(NC=CC(=O)c3ccccc3)n2)c(OC)c1. The molecule has 0 unspecified atom stereocenters. The average molecular weight is 525 g/mol. The molecule has 3 aromatic rings. The summed E-state index contributed by atoms with van der Waals surface area (Å²) < 4.78 is 47.0. The molecule has 2 aromatic carbocycles. The highest BCUT2D eigenvalue weighted by Crippen LogP contribution is 2.35. The summed E-state index contributed by atoms with van der Waals surface area (Å²) in [5.41, 5.74) is 1.27. The first-order valence-electron chi connectivity index (χ1n) is 11.1. The van der Waals surface area contributed by atoms with Gasteiger partial charge < -0.3 is 24.3 Å². The van der Waals surface area contributed by atoms with Gasteiger partial charge in [-0.1, -0.05) is 30.3 Å². The molecule has 1 aromatic heterocycles. The van der Waals surface area contributed by atoms with Crippen LogP contribution in [0.1, 0.15) is 21.6 Å². The Hall–Kier alpha value is -4.31. The van der Waals surface area contributed by atoms with Gasteiger partial charge >= 0.3 is 0 Å². The Balaban J connectivity index is 1.79. The number of hydrogen-bond acceptors (Lipinski definition) is 9. The summed E-state index contributed by atoms with van der Waals surface area (Å²) in [5.74, 6) is 1.41. The number of carbonyl (C=O) groups excluding carboxylic acids is 1. The number of benzene rings is 2. The second kappa shape index (κ2) is 12.6. The zero-order valence-electron chi connectivity index (χ0n) is 20.9. The summed E-state index contributed by atoms with van der Waals surface area (Å²) in [6.07, 6.45) is 4.20. The fraction of sp³-hybridized carbons (Fsp3) is 0.185. The lowest BCUT2D eigenvalue weighted by atomic mass is 10.1. The maximum atomic E-state index is 12.9. The van der Waals surface area contributed by atoms with E-state index in [9.17, 15) is 13.2 Å². The van der Waals surface area contributed by atoms with Crippen LogP contribution in [-0.4, -0.2) is 47.6 Å². The number of rotatable bonds is 12. The van der Waals surface area contributed by atoms with E-state index in [1.807, 2.05) is 6.07 Å². The fourth-order valence-electron chi connectivity index (χ4n) is 3.35. The van der Waals surface area contributed by atoms with Crippen molar-refractivity contribution in [3.8, 4) is 23.0 Å². The number of methoxy groups -OCH3 is 4. The molecule has 37 heavy (non-hydrogen) atoms. The van der Waals surface area contributed by atoms with Crippen molar-refractivity contribution in [1.82, 2.24) is 4.98 Å². The van der Waals surface area contributed by atoms with Gasteiger partial charge in [-0.15, -0.1) is 0 Å². The summed E-state index contributed by atoms with van der Waals surface area (Å²) in [7, 11) is 2.19. The lowest BCUT2D eigenvalue weighted by molar-refractivity contribution is 0.104. The number of carbonyl (C=O) groups is 1. The highest BCUT2D eigenvalue weighted by molar-refractivity contribution is 7.93. The molecule has 1 heterocycles. The molecular formula is C27H28N2O7S. The van der Waals surface area contributed by atoms with Crippen LogP contribution in [0.5, 0.6) is 23.0 Å². The Morgan fingerprint density at radius 2 is 1.54 bits per heavy atom. The van der Waals surface area contributed by atoms with Crippen molar-refractivity contribution in [2.75, 3.05) is 33.8 Å². The van der Waals surface area contributed by atoms with Crippen molar-refractivity contribution in [2.24, 2.45) is 0 Å². The molecule has 3 rings (SSSR count). The largest absolute Gasteiger partial charge is 0.496 e. The molecule has 0 radical (unpaired) electrons. The molecule has 0 saturated carbocycles. The molecule has 0 saturated heterocycles. The van der Waals surface area contributed by atoms with Gasteiger partial charge in [0.25, 0.3) is 0 Å². The number of nitrogens with one attached hydrogen (secondary N) is 1. The highest BCUT2D eigenvalue weighted by atomic mass is 32.2. The maximum absolute atomic E-state index is 12.9. The van der Waals surface area contributed by atoms with E-state index in [-0.39, 0.29) is 23.0 Å². The minimum absolute atomic E-state index is 0.194. The van der Waals surface area contributed by atoms with Crippen LogP contribution in [0.2, 0.25) is 0 Å². The Morgan fingerprint density at radius 1 is 0.892 bits per heavy atom. The van der Waals surface area contributed by atoms with Crippen LogP contribution in [-0.2, 0) is 15.6 Å². The van der Waals surface area contributed by atoms with Gasteiger partial charge in [-0.05, 0) is 18.2 Å². The molecule has 9 nitrogen and oxygen atoms in total. The fourth-order valence-corrected chi connectivity index (χ4v) is 4.37. The Bertz CT molecular complexity index is 1380. The number of pyridine rings is 1. The standard InChI is InChI=1S/C27H28N2O7S/c1-33-21-16-25(35-3)22(26(17-21)36-4)13-15-37(31,32)18-20-10-11-24(34-2)27(29-20)28-14-12-23(30)19-8-6-5-7-9-19/h5-17H,18H2,1-4H3,(H,28,29). The summed E-state index contributed by atoms with van der Waals surface area (Å²) in [6, 6.07) is 15.2. The maximum Gasteiger partial charge on any atom is 0.187 e. The van der Waals surface area contributed by atoms with Crippen molar-refractivity contribution < 1.29 is 32.2 Å². The molecule has 1 N–H and O–H groups in total. The van der Waals surface area contributed by atoms with Crippen LogP contribution in [0.3, 0.4) is 0 Å². The van der Waals surface area contributed by atoms with E-state index in [2.05, 4.69) is 10.3 Å². The molecule has 0 fully saturated rings. The van der Waals surface area contributed by atoms with Crippen LogP contribution in [0.4, 0.5) is 5.82 Å². The van der Waals surface area contributed by atoms with Gasteiger partial charge in [0.05, 0.1) is 45.4 Å². The molecule has 10 heteroatoms. The number of sulfone groups is 1. The van der Waals surface area contributed by atoms with Crippen molar-refractivity contribution in [3.05, 3.63) is 89.1 Å². The lowest BCUT2D eigenvalue weighted by Crippen LogP contribution is -2.05. The zero-order chi connectivity index (χ0) is 26.8. The number of nitrogens with zero attached hydrogens (tertiary/aromatic N) is 1. The molecule has 0 aliphatic carbocycles. The molecule has 0 bridgehead atoms. The van der Waals surface area contributed by atoms with Crippen LogP contribution in [0.25, 0.3) is 6.08 Å². The normalized spacial score (nSPS) is 11.5. The third-order valence-electron chi connectivity index (χ3n) is 5.19. The second-order valence-corrected chi connectivity index (χ2v) is 9.50. The topological polar surface area (TPSA) is 113 Å². The van der Waals surface area contributed by atoms with E-state index in [1.54, 1.807) is 48.5 Å². The van der Waals surface area contributed by atoms with Gasteiger partial charge in [0.2, 0.25) is 0 Å². The number of aromatic nitrogens is 1. The van der Waals surface area contributed by atoms with E-state index >= 15 is 0 Å². The quantitative estimate of drug-likeness (QED) is 0.270. The predicted octanol–water partition coefficient (Wildman–Crippen LogP) is 4.51. The van der Waals surface area contributed by atoms with Crippen LogP contribution in [0, 0.1) is 0 Å². The number of allylic oxidation sites excluding steroid dienone is 1. The van der Waals surface area contributed by atoms with Gasteiger partial charge in [-0.3, -0.25) is 4.79 Å². The van der Waals surface area contributed by atoms with Gasteiger partial charge in [-0.25, -0.2) is 13.4 Å². The minimum Gasteiger partial charge on any atom is -0.496 e. The monoisotopic (exact) mass is 524 g/mol. The van der Waals surface area contributed by atoms with Gasteiger partial charge in [0.1, 0.15) is 17.2 Å². The molecule has 0 aliphatic rings. The summed E-state index contributed by atoms with van der Waals surface area (Å²) in [4.78, 5) is 16.6. The van der Waals surface area contributed by atoms with E-state index in [0.29, 0.717) is 34.1 Å². The first kappa shape index (κ1) is 27.3. The molecule has 194 valence electrons. The Kier molecular flexibility index (Phi) is 9.28. The molecular weight excluding hydrogens is 496 g/mol. The van der Waals surface area contributed by atoms with Gasteiger partial charge in [-0.2, -0.15) is 0 Å². The van der Waals surface area contributed by atoms with Gasteiger partial charge in [0.15, 0.2) is 27.2 Å². The number of ether oxygens (including phenoxy) is 4. The van der Waals surface area contributed by atoms with Crippen LogP contribution >= 0.6 is 0 Å². The summed E-state index contributed by atoms with van der Waals surface area (Å²) >= 11 is 0. The number of anilines is 1. The lowest BCUT2D eigenvalue weighted by Gasteiger charge is -2.12. The zero-order valence-corrected chi connectivity index (χ0v) is 21.7. The van der Waals surface area contributed by atoms with Crippen molar-refractivity contribution >= 4 is 27.5 Å². The minimum atomic E-state index is -3.73. The molecule has 0 atom stereocenters. The van der Waals surface area contributed by atoms with Crippen molar-refractivity contribution in [1.29, 1.82) is 0 Å². The predicted molar refractivity (Wildman–Crippen MR) is 142 cm³/mol. The summed E-state index contributed by atoms with van der Waals surface area (Å²) in [6.45, 7) is 0. The van der Waals surface area contributed by atoms with Crippen LogP contribution < -0.4 is 24.3 Å². The van der Waals surface area contributed by atoms with E-state index in [4.69, 9.17) is 18.9 Å². The first-order valence-corrected chi connectivity index (χ1v) is 12.8. The van der Waals surface area contributed by atoms with Gasteiger partial charge in [0, 0.05) is 35.4 Å². The second-order valence-electron chi connectivity index (χ2n) is 7.62. The summed E-state index contributed by atoms with van der Waals surface area (Å²) in [5, 5.41) is 3.98. The Morgan fingerprint density at radius 3 is 2.14 bits per heavy atom. The molecule has 0 amide bonds. The smallest absolute Gasteiger partial charge is 0.187 e. The van der Waals surface area contributed by atoms with Crippen molar-refractivity contribution in [3.63, 3.8) is 0 Å². The van der Waals surface area contributed by atoms with E-state index < -0.39 is 9.84 Å². The Labute approximate surface area is 216 Å². The highest BCUT2D eigenvalue weighted by Gasteiger charge is 2.15. The first-order chi connectivity index (χ1) is 17.8. The average Bonchev–Trinajstić information content (AvgIpc) is 2.91. The molecule has 0 spiro atoms.